The van der Waals surface area contributed by atoms with Crippen molar-refractivity contribution in [2.75, 3.05) is 17.1 Å². The minimum absolute atomic E-state index is 0.0571. The van der Waals surface area contributed by atoms with E-state index in [1.807, 2.05) is 13.8 Å². The average molecular weight is 559 g/mol. The van der Waals surface area contributed by atoms with Crippen LogP contribution in [-0.4, -0.2) is 50.0 Å². The number of nitrogens with one attached hydrogen (secondary N) is 1. The summed E-state index contributed by atoms with van der Waals surface area (Å²) in [6.07, 6.45) is 1.79. The summed E-state index contributed by atoms with van der Waals surface area (Å²) in [5.41, 5.74) is 1.09. The lowest BCUT2D eigenvalue weighted by molar-refractivity contribution is -0.139. The first-order valence-electron chi connectivity index (χ1n) is 10.5. The number of carbonyl (C=O) groups is 2. The normalized spacial score (nSPS) is 13.2. The third kappa shape index (κ3) is 8.01. The smallest absolute Gasteiger partial charge is 0.244 e. The summed E-state index contributed by atoms with van der Waals surface area (Å²) in [4.78, 5) is 27.6. The van der Waals surface area contributed by atoms with Crippen molar-refractivity contribution in [2.45, 2.75) is 45.8 Å². The summed E-state index contributed by atoms with van der Waals surface area (Å²) in [6, 6.07) is 12.7. The second kappa shape index (κ2) is 11.9. The summed E-state index contributed by atoms with van der Waals surface area (Å²) in [7, 11) is -3.76. The van der Waals surface area contributed by atoms with Crippen LogP contribution in [-0.2, 0) is 26.2 Å². The van der Waals surface area contributed by atoms with E-state index in [1.54, 1.807) is 55.5 Å². The minimum atomic E-state index is -3.76. The van der Waals surface area contributed by atoms with Crippen LogP contribution in [0, 0.1) is 0 Å². The van der Waals surface area contributed by atoms with Crippen LogP contribution in [0.3, 0.4) is 0 Å². The monoisotopic (exact) mass is 557 g/mol. The van der Waals surface area contributed by atoms with Gasteiger partial charge in [-0.05, 0) is 62.2 Å². The van der Waals surface area contributed by atoms with Gasteiger partial charge in [-0.2, -0.15) is 0 Å². The molecule has 33 heavy (non-hydrogen) atoms. The second-order valence-corrected chi connectivity index (χ2v) is 11.2. The SMILES string of the molecule is CC[C@@H](C)NC(=O)[C@H](C)N(Cc1cccc(Cl)c1)C(=O)CN(c1ccc(Br)cc1)S(C)(=O)=O. The molecule has 2 rings (SSSR count). The molecule has 2 amide bonds. The fourth-order valence-electron chi connectivity index (χ4n) is 3.10. The molecule has 2 atom stereocenters. The van der Waals surface area contributed by atoms with Crippen LogP contribution in [0.1, 0.15) is 32.8 Å². The molecule has 0 aromatic heterocycles. The molecule has 0 aliphatic rings. The number of anilines is 1. The topological polar surface area (TPSA) is 86.8 Å². The highest BCUT2D eigenvalue weighted by atomic mass is 79.9. The van der Waals surface area contributed by atoms with Gasteiger partial charge < -0.3 is 10.2 Å². The molecule has 0 fully saturated rings. The maximum absolute atomic E-state index is 13.4. The molecule has 2 aromatic carbocycles. The summed E-state index contributed by atoms with van der Waals surface area (Å²) in [5, 5.41) is 3.39. The first-order chi connectivity index (χ1) is 15.4. The Morgan fingerprint density at radius 3 is 2.30 bits per heavy atom. The van der Waals surface area contributed by atoms with E-state index < -0.39 is 28.5 Å². The third-order valence-corrected chi connectivity index (χ3v) is 7.11. The molecule has 0 spiro atoms. The summed E-state index contributed by atoms with van der Waals surface area (Å²) < 4.78 is 26.8. The highest BCUT2D eigenvalue weighted by Crippen LogP contribution is 2.22. The number of sulfonamides is 1. The summed E-state index contributed by atoms with van der Waals surface area (Å²) in [5.74, 6) is -0.815. The number of hydrogen-bond donors (Lipinski definition) is 1. The Balaban J connectivity index is 2.37. The van der Waals surface area contributed by atoms with Gasteiger partial charge in [-0.15, -0.1) is 0 Å². The standard InChI is InChI=1S/C23H29BrClN3O4S/c1-5-16(2)26-23(30)17(3)27(14-18-7-6-8-20(25)13-18)22(29)15-28(33(4,31)32)21-11-9-19(24)10-12-21/h6-13,16-17H,5,14-15H2,1-4H3,(H,26,30)/t16-,17+/m1/s1. The molecule has 0 radical (unpaired) electrons. The number of benzene rings is 2. The molecule has 0 aliphatic heterocycles. The van der Waals surface area contributed by atoms with Crippen molar-refractivity contribution in [2.24, 2.45) is 0 Å². The van der Waals surface area contributed by atoms with Gasteiger partial charge in [0, 0.05) is 22.1 Å². The van der Waals surface area contributed by atoms with Gasteiger partial charge in [0.15, 0.2) is 0 Å². The Kier molecular flexibility index (Phi) is 9.75. The zero-order valence-corrected chi connectivity index (χ0v) is 22.2. The van der Waals surface area contributed by atoms with Crippen LogP contribution in [0.15, 0.2) is 53.0 Å². The minimum Gasteiger partial charge on any atom is -0.352 e. The number of nitrogens with zero attached hydrogens (tertiary/aromatic N) is 2. The quantitative estimate of drug-likeness (QED) is 0.474. The predicted octanol–water partition coefficient (Wildman–Crippen LogP) is 4.20. The summed E-state index contributed by atoms with van der Waals surface area (Å²) in [6.45, 7) is 5.12. The molecule has 0 aliphatic carbocycles. The molecule has 0 bridgehead atoms. The lowest BCUT2D eigenvalue weighted by Gasteiger charge is -2.32. The summed E-state index contributed by atoms with van der Waals surface area (Å²) >= 11 is 9.42. The molecule has 0 saturated heterocycles. The van der Waals surface area contributed by atoms with Gasteiger partial charge in [0.25, 0.3) is 0 Å². The van der Waals surface area contributed by atoms with Gasteiger partial charge in [0.2, 0.25) is 21.8 Å². The van der Waals surface area contributed by atoms with Crippen molar-refractivity contribution in [3.8, 4) is 0 Å². The Morgan fingerprint density at radius 1 is 1.12 bits per heavy atom. The zero-order valence-electron chi connectivity index (χ0n) is 19.1. The van der Waals surface area contributed by atoms with E-state index in [-0.39, 0.29) is 18.5 Å². The van der Waals surface area contributed by atoms with Crippen LogP contribution >= 0.6 is 27.5 Å². The van der Waals surface area contributed by atoms with Crippen LogP contribution in [0.2, 0.25) is 5.02 Å². The van der Waals surface area contributed by atoms with Crippen molar-refractivity contribution in [1.29, 1.82) is 0 Å². The number of carbonyl (C=O) groups excluding carboxylic acids is 2. The molecule has 7 nitrogen and oxygen atoms in total. The molecule has 0 unspecified atom stereocenters. The van der Waals surface area contributed by atoms with Crippen molar-refractivity contribution < 1.29 is 18.0 Å². The van der Waals surface area contributed by atoms with Crippen molar-refractivity contribution in [3.63, 3.8) is 0 Å². The van der Waals surface area contributed by atoms with E-state index in [0.717, 1.165) is 27.0 Å². The maximum Gasteiger partial charge on any atom is 0.244 e. The second-order valence-electron chi connectivity index (χ2n) is 7.89. The number of rotatable bonds is 10. The van der Waals surface area contributed by atoms with Gasteiger partial charge in [0.05, 0.1) is 11.9 Å². The molecule has 0 saturated carbocycles. The van der Waals surface area contributed by atoms with E-state index in [0.29, 0.717) is 10.7 Å². The van der Waals surface area contributed by atoms with Crippen LogP contribution in [0.5, 0.6) is 0 Å². The van der Waals surface area contributed by atoms with Gasteiger partial charge in [-0.3, -0.25) is 13.9 Å². The lowest BCUT2D eigenvalue weighted by atomic mass is 10.1. The highest BCUT2D eigenvalue weighted by molar-refractivity contribution is 9.10. The van der Waals surface area contributed by atoms with Crippen LogP contribution in [0.4, 0.5) is 5.69 Å². The highest BCUT2D eigenvalue weighted by Gasteiger charge is 2.30. The van der Waals surface area contributed by atoms with E-state index in [2.05, 4.69) is 21.2 Å². The van der Waals surface area contributed by atoms with Gasteiger partial charge in [-0.1, -0.05) is 46.6 Å². The third-order valence-electron chi connectivity index (χ3n) is 5.20. The largest absolute Gasteiger partial charge is 0.352 e. The fourth-order valence-corrected chi connectivity index (χ4v) is 4.43. The lowest BCUT2D eigenvalue weighted by Crippen LogP contribution is -2.52. The Morgan fingerprint density at radius 2 is 1.76 bits per heavy atom. The van der Waals surface area contributed by atoms with Gasteiger partial charge in [0.1, 0.15) is 12.6 Å². The Bertz CT molecular complexity index is 1080. The maximum atomic E-state index is 13.4. The van der Waals surface area contributed by atoms with Crippen LogP contribution in [0.25, 0.3) is 0 Å². The zero-order chi connectivity index (χ0) is 24.8. The van der Waals surface area contributed by atoms with Crippen molar-refractivity contribution >= 4 is 55.1 Å². The van der Waals surface area contributed by atoms with E-state index in [1.165, 1.54) is 4.90 Å². The first-order valence-corrected chi connectivity index (χ1v) is 13.5. The average Bonchev–Trinajstić information content (AvgIpc) is 2.75. The molecule has 0 heterocycles. The number of hydrogen-bond acceptors (Lipinski definition) is 4. The molecule has 2 aromatic rings. The Hall–Kier alpha value is -2.10. The van der Waals surface area contributed by atoms with E-state index >= 15 is 0 Å². The van der Waals surface area contributed by atoms with E-state index in [9.17, 15) is 18.0 Å². The number of halogens is 2. The van der Waals surface area contributed by atoms with Gasteiger partial charge in [-0.25, -0.2) is 8.42 Å². The van der Waals surface area contributed by atoms with Gasteiger partial charge >= 0.3 is 0 Å². The molecule has 10 heteroatoms. The fraction of sp³-hybridized carbons (Fsp3) is 0.391. The first kappa shape index (κ1) is 27.1. The van der Waals surface area contributed by atoms with E-state index in [4.69, 9.17) is 11.6 Å². The van der Waals surface area contributed by atoms with Crippen molar-refractivity contribution in [3.05, 3.63) is 63.6 Å². The molecular weight excluding hydrogens is 530 g/mol. The molecule has 180 valence electrons. The van der Waals surface area contributed by atoms with Crippen LogP contribution < -0.4 is 9.62 Å². The molecular formula is C23H29BrClN3O4S. The molecule has 1 N–H and O–H groups in total. The predicted molar refractivity (Wildman–Crippen MR) is 136 cm³/mol. The Labute approximate surface area is 209 Å². The number of amides is 2. The van der Waals surface area contributed by atoms with Crippen molar-refractivity contribution in [1.82, 2.24) is 10.2 Å².